The third-order valence-electron chi connectivity index (χ3n) is 3.28. The molecule has 0 aromatic carbocycles. The summed E-state index contributed by atoms with van der Waals surface area (Å²) in [7, 11) is 0. The van der Waals surface area contributed by atoms with Crippen molar-refractivity contribution in [2.45, 2.75) is 12.8 Å². The quantitative estimate of drug-likeness (QED) is 0.300. The molecule has 2 bridgehead atoms. The molecule has 1 saturated carbocycles. The van der Waals surface area contributed by atoms with Gasteiger partial charge in [-0.3, -0.25) is 9.59 Å². The summed E-state index contributed by atoms with van der Waals surface area (Å²) in [4.78, 5) is 22.5. The van der Waals surface area contributed by atoms with Gasteiger partial charge in [0.15, 0.2) is 0 Å². The van der Waals surface area contributed by atoms with Gasteiger partial charge in [0.1, 0.15) is 5.41 Å². The number of allylic oxidation sites excluding steroid dienone is 1. The number of carbonyl (C=O) groups excluding carboxylic acids is 2. The van der Waals surface area contributed by atoms with Crippen molar-refractivity contribution < 1.29 is 14.3 Å². The summed E-state index contributed by atoms with van der Waals surface area (Å²) in [5.74, 6) is -0.368. The lowest BCUT2D eigenvalue weighted by Gasteiger charge is -2.15. The molecule has 1 saturated heterocycles. The average Bonchev–Trinajstić information content (AvgIpc) is 2.65. The van der Waals surface area contributed by atoms with E-state index < -0.39 is 5.41 Å². The second-order valence-electron chi connectivity index (χ2n) is 3.86. The van der Waals surface area contributed by atoms with Gasteiger partial charge < -0.3 is 4.74 Å². The lowest BCUT2D eigenvalue weighted by Crippen LogP contribution is -2.25. The van der Waals surface area contributed by atoms with Gasteiger partial charge in [-0.1, -0.05) is 12.2 Å². The van der Waals surface area contributed by atoms with E-state index in [0.29, 0.717) is 5.92 Å². The van der Waals surface area contributed by atoms with Crippen LogP contribution in [0.3, 0.4) is 0 Å². The Morgan fingerprint density at radius 3 is 3.00 bits per heavy atom. The van der Waals surface area contributed by atoms with E-state index in [0.717, 1.165) is 12.8 Å². The third-order valence-corrected chi connectivity index (χ3v) is 3.28. The van der Waals surface area contributed by atoms with Gasteiger partial charge in [0.25, 0.3) is 0 Å². The van der Waals surface area contributed by atoms with Gasteiger partial charge in [0, 0.05) is 0 Å². The van der Waals surface area contributed by atoms with Crippen LogP contribution < -0.4 is 0 Å². The number of esters is 2. The Morgan fingerprint density at radius 1 is 1.50 bits per heavy atom. The Balaban J connectivity index is 2.17. The Morgan fingerprint density at radius 2 is 2.33 bits per heavy atom. The monoisotopic (exact) mass is 164 g/mol. The van der Waals surface area contributed by atoms with Gasteiger partial charge in [0.05, 0.1) is 5.92 Å². The molecular formula is C9H8O3. The van der Waals surface area contributed by atoms with E-state index in [-0.39, 0.29) is 17.9 Å². The molecule has 12 heavy (non-hydrogen) atoms. The van der Waals surface area contributed by atoms with Crippen molar-refractivity contribution in [1.82, 2.24) is 0 Å². The second kappa shape index (κ2) is 1.63. The summed E-state index contributed by atoms with van der Waals surface area (Å²) in [5, 5.41) is 0. The van der Waals surface area contributed by atoms with Crippen LogP contribution >= 0.6 is 0 Å². The molecule has 3 aliphatic rings. The highest BCUT2D eigenvalue weighted by Gasteiger charge is 2.63. The van der Waals surface area contributed by atoms with Crippen LogP contribution in [0.15, 0.2) is 12.2 Å². The van der Waals surface area contributed by atoms with E-state index >= 15 is 0 Å². The van der Waals surface area contributed by atoms with Gasteiger partial charge in [-0.05, 0) is 18.8 Å². The molecule has 3 atom stereocenters. The van der Waals surface area contributed by atoms with E-state index in [1.54, 1.807) is 0 Å². The standard InChI is InChI=1S/C9H8O3/c10-7-6-3-5-1-2-9(6,4-5)8(11)12-7/h1-2,5-6H,3-4H2. The molecule has 62 valence electrons. The molecule has 3 rings (SSSR count). The van der Waals surface area contributed by atoms with Crippen molar-refractivity contribution in [2.24, 2.45) is 17.3 Å². The number of carbonyl (C=O) groups is 2. The molecule has 0 aromatic heterocycles. The predicted molar refractivity (Wildman–Crippen MR) is 38.9 cm³/mol. The summed E-state index contributed by atoms with van der Waals surface area (Å²) < 4.78 is 4.62. The van der Waals surface area contributed by atoms with Crippen LogP contribution in [0.5, 0.6) is 0 Å². The first-order valence-electron chi connectivity index (χ1n) is 4.18. The summed E-state index contributed by atoms with van der Waals surface area (Å²) >= 11 is 0. The fourth-order valence-corrected chi connectivity index (χ4v) is 2.67. The molecule has 0 N–H and O–H groups in total. The normalized spacial score (nSPS) is 48.3. The maximum absolute atomic E-state index is 11.4. The second-order valence-corrected chi connectivity index (χ2v) is 3.86. The maximum atomic E-state index is 11.4. The maximum Gasteiger partial charge on any atom is 0.324 e. The zero-order chi connectivity index (χ0) is 8.34. The Bertz CT molecular complexity index is 318. The Kier molecular flexibility index (Phi) is 0.868. The van der Waals surface area contributed by atoms with Gasteiger partial charge in [-0.2, -0.15) is 0 Å². The number of hydrogen-bond acceptors (Lipinski definition) is 3. The SMILES string of the molecule is O=C1OC(=O)C23C=CC(CC12)C3. The molecule has 3 heteroatoms. The third kappa shape index (κ3) is 0.480. The van der Waals surface area contributed by atoms with Crippen LogP contribution in [-0.2, 0) is 14.3 Å². The molecule has 3 nitrogen and oxygen atoms in total. The van der Waals surface area contributed by atoms with E-state index in [9.17, 15) is 9.59 Å². The number of ether oxygens (including phenoxy) is 1. The van der Waals surface area contributed by atoms with Gasteiger partial charge >= 0.3 is 11.9 Å². The van der Waals surface area contributed by atoms with E-state index in [2.05, 4.69) is 4.74 Å². The van der Waals surface area contributed by atoms with E-state index in [4.69, 9.17) is 0 Å². The molecule has 1 heterocycles. The zero-order valence-electron chi connectivity index (χ0n) is 6.45. The molecular weight excluding hydrogens is 156 g/mol. The topological polar surface area (TPSA) is 43.4 Å². The fourth-order valence-electron chi connectivity index (χ4n) is 2.67. The van der Waals surface area contributed by atoms with Crippen LogP contribution in [0.1, 0.15) is 12.8 Å². The molecule has 0 amide bonds. The molecule has 1 spiro atoms. The highest BCUT2D eigenvalue weighted by molar-refractivity contribution is 6.01. The highest BCUT2D eigenvalue weighted by Crippen LogP contribution is 2.57. The summed E-state index contributed by atoms with van der Waals surface area (Å²) in [6.07, 6.45) is 5.51. The van der Waals surface area contributed by atoms with Crippen LogP contribution in [0.25, 0.3) is 0 Å². The predicted octanol–water partition coefficient (Wildman–Crippen LogP) is 0.652. The van der Waals surface area contributed by atoms with Gasteiger partial charge in [-0.25, -0.2) is 0 Å². The van der Waals surface area contributed by atoms with Gasteiger partial charge in [0.2, 0.25) is 0 Å². The van der Waals surface area contributed by atoms with Crippen molar-refractivity contribution >= 4 is 11.9 Å². The number of cyclic esters (lactones) is 2. The molecule has 0 radical (unpaired) electrons. The van der Waals surface area contributed by atoms with Gasteiger partial charge in [-0.15, -0.1) is 0 Å². The first kappa shape index (κ1) is 6.40. The fraction of sp³-hybridized carbons (Fsp3) is 0.556. The molecule has 0 aromatic rings. The number of fused-ring (bicyclic) bond motifs is 1. The molecule has 2 aliphatic carbocycles. The van der Waals surface area contributed by atoms with Crippen LogP contribution in [0.4, 0.5) is 0 Å². The zero-order valence-corrected chi connectivity index (χ0v) is 6.45. The Labute approximate surface area is 69.4 Å². The first-order valence-corrected chi connectivity index (χ1v) is 4.18. The highest BCUT2D eigenvalue weighted by atomic mass is 16.6. The minimum atomic E-state index is -0.540. The van der Waals surface area contributed by atoms with Crippen LogP contribution in [0, 0.1) is 17.3 Å². The summed E-state index contributed by atoms with van der Waals surface area (Å²) in [6.45, 7) is 0. The van der Waals surface area contributed by atoms with E-state index in [1.807, 2.05) is 12.2 Å². The number of hydrogen-bond donors (Lipinski definition) is 0. The molecule has 3 unspecified atom stereocenters. The average molecular weight is 164 g/mol. The Hall–Kier alpha value is -1.12. The lowest BCUT2D eigenvalue weighted by molar-refractivity contribution is -0.155. The number of rotatable bonds is 0. The van der Waals surface area contributed by atoms with Crippen molar-refractivity contribution in [2.75, 3.05) is 0 Å². The van der Waals surface area contributed by atoms with Crippen molar-refractivity contribution in [3.63, 3.8) is 0 Å². The van der Waals surface area contributed by atoms with Crippen molar-refractivity contribution in [1.29, 1.82) is 0 Å². The minimum Gasteiger partial charge on any atom is -0.392 e. The molecule has 1 aliphatic heterocycles. The van der Waals surface area contributed by atoms with Crippen LogP contribution in [0.2, 0.25) is 0 Å². The van der Waals surface area contributed by atoms with Crippen molar-refractivity contribution in [3.8, 4) is 0 Å². The summed E-state index contributed by atoms with van der Waals surface area (Å²) in [6, 6.07) is 0. The smallest absolute Gasteiger partial charge is 0.324 e. The largest absolute Gasteiger partial charge is 0.392 e. The van der Waals surface area contributed by atoms with Crippen molar-refractivity contribution in [3.05, 3.63) is 12.2 Å². The minimum absolute atomic E-state index is 0.167. The summed E-state index contributed by atoms with van der Waals surface area (Å²) in [5.41, 5.74) is -0.540. The van der Waals surface area contributed by atoms with E-state index in [1.165, 1.54) is 0 Å². The molecule has 2 fully saturated rings. The first-order chi connectivity index (χ1) is 5.72. The lowest BCUT2D eigenvalue weighted by atomic mass is 9.80. The van der Waals surface area contributed by atoms with Crippen LogP contribution in [-0.4, -0.2) is 11.9 Å².